The molecule has 0 aromatic rings. The summed E-state index contributed by atoms with van der Waals surface area (Å²) in [7, 11) is 0. The third-order valence-electron chi connectivity index (χ3n) is 2.00. The lowest BCUT2D eigenvalue weighted by Gasteiger charge is -2.08. The van der Waals surface area contributed by atoms with Crippen LogP contribution in [0.2, 0.25) is 0 Å². The van der Waals surface area contributed by atoms with Crippen LogP contribution in [0, 0.1) is 5.92 Å². The molecule has 0 rings (SSSR count). The summed E-state index contributed by atoms with van der Waals surface area (Å²) in [4.78, 5) is 4.62. The molecule has 0 aliphatic rings. The monoisotopic (exact) mass is 169 g/mol. The van der Waals surface area contributed by atoms with Gasteiger partial charge in [0.05, 0.1) is 0 Å². The van der Waals surface area contributed by atoms with Crippen LogP contribution in [0.1, 0.15) is 53.4 Å². The molecule has 12 heavy (non-hydrogen) atoms. The van der Waals surface area contributed by atoms with Crippen molar-refractivity contribution < 1.29 is 0 Å². The molecule has 0 radical (unpaired) electrons. The van der Waals surface area contributed by atoms with E-state index in [1.54, 1.807) is 0 Å². The minimum absolute atomic E-state index is 0.641. The average Bonchev–Trinajstić information content (AvgIpc) is 2.03. The van der Waals surface area contributed by atoms with Crippen molar-refractivity contribution in [3.8, 4) is 0 Å². The molecular formula is C11H23N. The molecule has 0 aromatic heterocycles. The Kier molecular flexibility index (Phi) is 7.12. The summed E-state index contributed by atoms with van der Waals surface area (Å²) in [6.45, 7) is 9.94. The minimum Gasteiger partial charge on any atom is -0.294 e. The Labute approximate surface area is 77.3 Å². The second kappa shape index (κ2) is 7.33. The zero-order valence-corrected chi connectivity index (χ0v) is 9.06. The van der Waals surface area contributed by atoms with Gasteiger partial charge >= 0.3 is 0 Å². The zero-order chi connectivity index (χ0) is 9.40. The molecule has 72 valence electrons. The van der Waals surface area contributed by atoms with Crippen LogP contribution in [0.4, 0.5) is 0 Å². The molecule has 0 heterocycles. The van der Waals surface area contributed by atoms with Crippen LogP contribution in [0.3, 0.4) is 0 Å². The van der Waals surface area contributed by atoms with Gasteiger partial charge in [-0.1, -0.05) is 40.5 Å². The number of unbranched alkanes of at least 4 members (excludes halogenated alkanes) is 1. The third-order valence-corrected chi connectivity index (χ3v) is 2.00. The topological polar surface area (TPSA) is 12.4 Å². The Morgan fingerprint density at radius 1 is 1.17 bits per heavy atom. The van der Waals surface area contributed by atoms with Gasteiger partial charge < -0.3 is 0 Å². The number of aliphatic imine (C=N–C) groups is 1. The molecule has 0 amide bonds. The first kappa shape index (κ1) is 11.7. The minimum atomic E-state index is 0.641. The lowest BCUT2D eigenvalue weighted by Crippen LogP contribution is -2.07. The molecule has 0 aliphatic heterocycles. The normalized spacial score (nSPS) is 12.6. The fraction of sp³-hybridized carbons (Fsp3) is 0.909. The molecular weight excluding hydrogens is 146 g/mol. The first-order valence-corrected chi connectivity index (χ1v) is 5.25. The van der Waals surface area contributed by atoms with Crippen molar-refractivity contribution in [3.63, 3.8) is 0 Å². The van der Waals surface area contributed by atoms with E-state index in [9.17, 15) is 0 Å². The molecule has 1 nitrogen and oxygen atoms in total. The maximum absolute atomic E-state index is 4.62. The summed E-state index contributed by atoms with van der Waals surface area (Å²) >= 11 is 0. The van der Waals surface area contributed by atoms with Crippen LogP contribution >= 0.6 is 0 Å². The Bertz CT molecular complexity index is 125. The Morgan fingerprint density at radius 3 is 2.25 bits per heavy atom. The summed E-state index contributed by atoms with van der Waals surface area (Å²) in [5.41, 5.74) is 1.41. The van der Waals surface area contributed by atoms with Crippen LogP contribution in [-0.2, 0) is 0 Å². The van der Waals surface area contributed by atoms with E-state index >= 15 is 0 Å². The second-order valence-corrected chi connectivity index (χ2v) is 3.63. The summed E-state index contributed by atoms with van der Waals surface area (Å²) in [5, 5.41) is 0. The SMILES string of the molecule is CCCCN=C(CCC)C(C)C. The summed E-state index contributed by atoms with van der Waals surface area (Å²) in [5.74, 6) is 0.641. The van der Waals surface area contributed by atoms with Crippen LogP contribution < -0.4 is 0 Å². The van der Waals surface area contributed by atoms with Crippen LogP contribution in [0.25, 0.3) is 0 Å². The molecule has 0 saturated carbocycles. The molecule has 0 unspecified atom stereocenters. The zero-order valence-electron chi connectivity index (χ0n) is 9.06. The fourth-order valence-corrected chi connectivity index (χ4v) is 1.19. The van der Waals surface area contributed by atoms with E-state index < -0.39 is 0 Å². The molecule has 0 saturated heterocycles. The predicted molar refractivity (Wildman–Crippen MR) is 57.0 cm³/mol. The summed E-state index contributed by atoms with van der Waals surface area (Å²) in [6.07, 6.45) is 4.89. The first-order valence-electron chi connectivity index (χ1n) is 5.25. The maximum atomic E-state index is 4.62. The van der Waals surface area contributed by atoms with Gasteiger partial charge in [0.15, 0.2) is 0 Å². The Morgan fingerprint density at radius 2 is 1.83 bits per heavy atom. The van der Waals surface area contributed by atoms with E-state index in [1.807, 2.05) is 0 Å². The number of hydrogen-bond donors (Lipinski definition) is 0. The lowest BCUT2D eigenvalue weighted by molar-refractivity contribution is 0.772. The van der Waals surface area contributed by atoms with E-state index in [1.165, 1.54) is 31.4 Å². The highest BCUT2D eigenvalue weighted by atomic mass is 14.7. The van der Waals surface area contributed by atoms with Crippen molar-refractivity contribution in [1.82, 2.24) is 0 Å². The molecule has 0 spiro atoms. The number of nitrogens with zero attached hydrogens (tertiary/aromatic N) is 1. The summed E-state index contributed by atoms with van der Waals surface area (Å²) in [6, 6.07) is 0. The van der Waals surface area contributed by atoms with Gasteiger partial charge in [0, 0.05) is 12.3 Å². The van der Waals surface area contributed by atoms with Crippen molar-refractivity contribution >= 4 is 5.71 Å². The van der Waals surface area contributed by atoms with Gasteiger partial charge in [-0.3, -0.25) is 4.99 Å². The van der Waals surface area contributed by atoms with Crippen LogP contribution in [0.5, 0.6) is 0 Å². The highest BCUT2D eigenvalue weighted by Crippen LogP contribution is 2.05. The van der Waals surface area contributed by atoms with Gasteiger partial charge in [0.25, 0.3) is 0 Å². The van der Waals surface area contributed by atoms with E-state index in [0.29, 0.717) is 5.92 Å². The average molecular weight is 169 g/mol. The predicted octanol–water partition coefficient (Wildman–Crippen LogP) is 3.68. The number of rotatable bonds is 6. The standard InChI is InChI=1S/C11H23N/c1-5-7-9-12-11(8-6-2)10(3)4/h10H,5-9H2,1-4H3. The van der Waals surface area contributed by atoms with Crippen molar-refractivity contribution in [3.05, 3.63) is 0 Å². The van der Waals surface area contributed by atoms with Crippen molar-refractivity contribution in [2.75, 3.05) is 6.54 Å². The van der Waals surface area contributed by atoms with Crippen molar-refractivity contribution in [2.24, 2.45) is 10.9 Å². The smallest absolute Gasteiger partial charge is 0.0388 e. The third kappa shape index (κ3) is 5.34. The molecule has 0 fully saturated rings. The van der Waals surface area contributed by atoms with Gasteiger partial charge in [-0.2, -0.15) is 0 Å². The van der Waals surface area contributed by atoms with E-state index in [-0.39, 0.29) is 0 Å². The molecule has 0 aliphatic carbocycles. The van der Waals surface area contributed by atoms with E-state index in [2.05, 4.69) is 32.7 Å². The van der Waals surface area contributed by atoms with Crippen molar-refractivity contribution in [1.29, 1.82) is 0 Å². The molecule has 0 bridgehead atoms. The first-order chi connectivity index (χ1) is 5.72. The van der Waals surface area contributed by atoms with Crippen LogP contribution in [-0.4, -0.2) is 12.3 Å². The largest absolute Gasteiger partial charge is 0.294 e. The molecule has 0 aromatic carbocycles. The molecule has 0 atom stereocenters. The Hall–Kier alpha value is -0.330. The summed E-state index contributed by atoms with van der Waals surface area (Å²) < 4.78 is 0. The van der Waals surface area contributed by atoms with Gasteiger partial charge in [0.2, 0.25) is 0 Å². The second-order valence-electron chi connectivity index (χ2n) is 3.63. The van der Waals surface area contributed by atoms with Gasteiger partial charge in [0.1, 0.15) is 0 Å². The molecule has 0 N–H and O–H groups in total. The number of hydrogen-bond acceptors (Lipinski definition) is 1. The Balaban J connectivity index is 3.82. The van der Waals surface area contributed by atoms with Gasteiger partial charge in [-0.05, 0) is 18.8 Å². The molecule has 1 heteroatoms. The fourth-order valence-electron chi connectivity index (χ4n) is 1.19. The highest BCUT2D eigenvalue weighted by molar-refractivity contribution is 5.86. The van der Waals surface area contributed by atoms with E-state index in [4.69, 9.17) is 0 Å². The van der Waals surface area contributed by atoms with Crippen molar-refractivity contribution in [2.45, 2.75) is 53.4 Å². The quantitative estimate of drug-likeness (QED) is 0.425. The van der Waals surface area contributed by atoms with Gasteiger partial charge in [-0.25, -0.2) is 0 Å². The maximum Gasteiger partial charge on any atom is 0.0388 e. The highest BCUT2D eigenvalue weighted by Gasteiger charge is 2.02. The van der Waals surface area contributed by atoms with E-state index in [0.717, 1.165) is 6.54 Å². The van der Waals surface area contributed by atoms with Gasteiger partial charge in [-0.15, -0.1) is 0 Å². The van der Waals surface area contributed by atoms with Crippen LogP contribution in [0.15, 0.2) is 4.99 Å². The lowest BCUT2D eigenvalue weighted by atomic mass is 10.0.